The van der Waals surface area contributed by atoms with Gasteiger partial charge in [0.2, 0.25) is 23.6 Å². The van der Waals surface area contributed by atoms with Crippen molar-refractivity contribution < 1.29 is 43.8 Å². The number of carbonyl (C=O) groups excluding carboxylic acids is 5. The molecule has 50 heavy (non-hydrogen) atoms. The molecule has 0 unspecified atom stereocenters. The van der Waals surface area contributed by atoms with E-state index in [1.165, 1.54) is 29.2 Å². The van der Waals surface area contributed by atoms with Crippen molar-refractivity contribution in [3.63, 3.8) is 0 Å². The number of hydrogen-bond donors (Lipinski definition) is 7. The second-order valence-corrected chi connectivity index (χ2v) is 13.1. The average Bonchev–Trinajstić information content (AvgIpc) is 3.49. The molecule has 1 fully saturated rings. The third-order valence-corrected chi connectivity index (χ3v) is 8.44. The maximum Gasteiger partial charge on any atom is 0.334 e. The first-order valence-electron chi connectivity index (χ1n) is 16.4. The maximum absolute atomic E-state index is 14.1. The Labute approximate surface area is 290 Å². The van der Waals surface area contributed by atoms with Crippen LogP contribution >= 0.6 is 0 Å². The summed E-state index contributed by atoms with van der Waals surface area (Å²) in [4.78, 5) is 91.2. The fraction of sp³-hybridized carbons (Fsp3) is 0.457. The highest BCUT2D eigenvalue weighted by atomic mass is 16.4. The van der Waals surface area contributed by atoms with Gasteiger partial charge in [-0.25, -0.2) is 9.59 Å². The van der Waals surface area contributed by atoms with E-state index in [9.17, 15) is 43.8 Å². The Kier molecular flexibility index (Phi) is 13.5. The minimum Gasteiger partial charge on any atom is -0.481 e. The first-order valence-corrected chi connectivity index (χ1v) is 16.4. The lowest BCUT2D eigenvalue weighted by molar-refractivity contribution is -0.159. The molecular weight excluding hydrogens is 648 g/mol. The Balaban J connectivity index is 1.83. The standard InChI is InChI=1S/C35H46N6O9/c1-20(2)17-25(38-27(42)18-22-9-6-5-7-10-22)30(45)39-26(19-28(43)44)31(46)40-29(21(3)4)32(47)41-16-8-15-35(41,33(48)49)23-11-13-24(14-12-23)37-34(36)50/h5-7,9-14,20-21,25-26,29H,8,15-19H2,1-4H3,(H,38,42)(H,39,45)(H,40,46)(H,43,44)(H,48,49)(H3,36,37,50)/t25-,26-,29-,35-/m0/s1. The van der Waals surface area contributed by atoms with Crippen molar-refractivity contribution in [1.82, 2.24) is 20.9 Å². The highest BCUT2D eigenvalue weighted by Crippen LogP contribution is 2.40. The van der Waals surface area contributed by atoms with Crippen LogP contribution in [0.4, 0.5) is 10.5 Å². The van der Waals surface area contributed by atoms with Gasteiger partial charge in [0, 0.05) is 12.2 Å². The molecule has 6 amide bonds. The van der Waals surface area contributed by atoms with E-state index < -0.39 is 77.6 Å². The van der Waals surface area contributed by atoms with Crippen molar-refractivity contribution in [2.45, 2.75) is 83.5 Å². The number of nitrogens with two attached hydrogens (primary N) is 1. The largest absolute Gasteiger partial charge is 0.481 e. The summed E-state index contributed by atoms with van der Waals surface area (Å²) in [5, 5.41) is 30.2. The number of urea groups is 1. The van der Waals surface area contributed by atoms with Crippen molar-refractivity contribution in [3.8, 4) is 0 Å². The number of aliphatic carboxylic acids is 2. The van der Waals surface area contributed by atoms with E-state index in [0.29, 0.717) is 12.1 Å². The molecular formula is C35H46N6O9. The lowest BCUT2D eigenvalue weighted by Gasteiger charge is -2.38. The zero-order valence-electron chi connectivity index (χ0n) is 28.6. The highest BCUT2D eigenvalue weighted by Gasteiger charge is 2.53. The molecule has 2 aromatic rings. The zero-order valence-corrected chi connectivity index (χ0v) is 28.6. The predicted octanol–water partition coefficient (Wildman–Crippen LogP) is 1.95. The normalized spacial score (nSPS) is 17.4. The topological polar surface area (TPSA) is 237 Å². The van der Waals surface area contributed by atoms with Gasteiger partial charge in [0.25, 0.3) is 0 Å². The van der Waals surface area contributed by atoms with Crippen LogP contribution in [0.1, 0.15) is 64.5 Å². The molecule has 1 aliphatic rings. The van der Waals surface area contributed by atoms with E-state index in [4.69, 9.17) is 5.73 Å². The fourth-order valence-corrected chi connectivity index (χ4v) is 6.06. The van der Waals surface area contributed by atoms with Crippen LogP contribution in [0.5, 0.6) is 0 Å². The van der Waals surface area contributed by atoms with E-state index in [0.717, 1.165) is 5.56 Å². The second-order valence-electron chi connectivity index (χ2n) is 13.1. The summed E-state index contributed by atoms with van der Waals surface area (Å²) in [7, 11) is 0. The van der Waals surface area contributed by atoms with Crippen LogP contribution in [0.3, 0.4) is 0 Å². The number of carbonyl (C=O) groups is 7. The number of anilines is 1. The SMILES string of the molecule is CC(C)C[C@H](NC(=O)Cc1ccccc1)C(=O)N[C@@H](CC(=O)O)C(=O)N[C@H](C(=O)N1CCC[C@@]1(C(=O)O)c1ccc(NC(N)=O)cc1)C(C)C. The molecule has 0 radical (unpaired) electrons. The number of benzene rings is 2. The number of carboxylic acid groups (broad SMARTS) is 2. The van der Waals surface area contributed by atoms with Crippen molar-refractivity contribution in [2.24, 2.45) is 17.6 Å². The Hall–Kier alpha value is -5.47. The Morgan fingerprint density at radius 1 is 0.840 bits per heavy atom. The third-order valence-electron chi connectivity index (χ3n) is 8.44. The van der Waals surface area contributed by atoms with Gasteiger partial charge >= 0.3 is 18.0 Å². The molecule has 1 aliphatic heterocycles. The number of carboxylic acids is 2. The summed E-state index contributed by atoms with van der Waals surface area (Å²) >= 11 is 0. The number of primary amides is 1. The lowest BCUT2D eigenvalue weighted by Crippen LogP contribution is -2.61. The molecule has 2 aromatic carbocycles. The number of nitrogens with one attached hydrogen (secondary N) is 4. The summed E-state index contributed by atoms with van der Waals surface area (Å²) in [5.74, 6) is -6.21. The minimum atomic E-state index is -1.79. The zero-order chi connectivity index (χ0) is 37.2. The number of hydrogen-bond acceptors (Lipinski definition) is 7. The van der Waals surface area contributed by atoms with Gasteiger partial charge in [0.1, 0.15) is 18.1 Å². The molecule has 15 heteroatoms. The summed E-state index contributed by atoms with van der Waals surface area (Å²) < 4.78 is 0. The van der Waals surface area contributed by atoms with Gasteiger partial charge in [0.15, 0.2) is 5.54 Å². The molecule has 15 nitrogen and oxygen atoms in total. The van der Waals surface area contributed by atoms with E-state index in [-0.39, 0.29) is 37.3 Å². The Bertz CT molecular complexity index is 1560. The first-order chi connectivity index (χ1) is 23.5. The quantitative estimate of drug-likeness (QED) is 0.136. The molecule has 1 saturated heterocycles. The van der Waals surface area contributed by atoms with Gasteiger partial charge < -0.3 is 42.1 Å². The second kappa shape index (κ2) is 17.3. The molecule has 0 bridgehead atoms. The molecule has 8 N–H and O–H groups in total. The molecule has 0 aromatic heterocycles. The molecule has 0 saturated carbocycles. The van der Waals surface area contributed by atoms with Crippen LogP contribution in [-0.4, -0.2) is 81.4 Å². The smallest absolute Gasteiger partial charge is 0.334 e. The maximum atomic E-state index is 14.1. The number of amides is 6. The summed E-state index contributed by atoms with van der Waals surface area (Å²) in [5.41, 5.74) is 4.69. The van der Waals surface area contributed by atoms with E-state index in [1.54, 1.807) is 44.2 Å². The minimum absolute atomic E-state index is 0.00266. The Morgan fingerprint density at radius 2 is 1.46 bits per heavy atom. The van der Waals surface area contributed by atoms with Gasteiger partial charge in [-0.05, 0) is 54.4 Å². The summed E-state index contributed by atoms with van der Waals surface area (Å²) in [6.45, 7) is 7.01. The monoisotopic (exact) mass is 694 g/mol. The highest BCUT2D eigenvalue weighted by molar-refractivity contribution is 5.97. The van der Waals surface area contributed by atoms with Gasteiger partial charge in [0.05, 0.1) is 12.8 Å². The number of rotatable bonds is 16. The van der Waals surface area contributed by atoms with Crippen LogP contribution in [-0.2, 0) is 40.7 Å². The van der Waals surface area contributed by atoms with Gasteiger partial charge in [-0.1, -0.05) is 70.2 Å². The van der Waals surface area contributed by atoms with Crippen LogP contribution < -0.4 is 27.0 Å². The van der Waals surface area contributed by atoms with E-state index in [1.807, 2.05) is 13.8 Å². The van der Waals surface area contributed by atoms with Crippen molar-refractivity contribution >= 4 is 47.3 Å². The molecule has 270 valence electrons. The third kappa shape index (κ3) is 10.0. The van der Waals surface area contributed by atoms with Gasteiger partial charge in [-0.2, -0.15) is 0 Å². The fourth-order valence-electron chi connectivity index (χ4n) is 6.06. The average molecular weight is 695 g/mol. The number of nitrogens with zero attached hydrogens (tertiary/aromatic N) is 1. The molecule has 3 rings (SSSR count). The molecule has 4 atom stereocenters. The van der Waals surface area contributed by atoms with E-state index in [2.05, 4.69) is 21.3 Å². The Morgan fingerprint density at radius 3 is 2.00 bits per heavy atom. The van der Waals surface area contributed by atoms with Crippen LogP contribution in [0.15, 0.2) is 54.6 Å². The van der Waals surface area contributed by atoms with Crippen LogP contribution in [0.25, 0.3) is 0 Å². The molecule has 0 spiro atoms. The van der Waals surface area contributed by atoms with Crippen molar-refractivity contribution in [1.29, 1.82) is 0 Å². The molecule has 1 heterocycles. The first kappa shape index (κ1) is 39.0. The van der Waals surface area contributed by atoms with E-state index >= 15 is 0 Å². The van der Waals surface area contributed by atoms with Crippen LogP contribution in [0.2, 0.25) is 0 Å². The van der Waals surface area contributed by atoms with Gasteiger partial charge in [-0.3, -0.25) is 24.0 Å². The molecule has 0 aliphatic carbocycles. The van der Waals surface area contributed by atoms with Crippen LogP contribution in [0, 0.1) is 11.8 Å². The van der Waals surface area contributed by atoms with Crippen molar-refractivity contribution in [3.05, 3.63) is 65.7 Å². The lowest BCUT2D eigenvalue weighted by atomic mass is 9.86. The number of likely N-dealkylation sites (tertiary alicyclic amines) is 1. The van der Waals surface area contributed by atoms with Gasteiger partial charge in [-0.15, -0.1) is 0 Å². The van der Waals surface area contributed by atoms with Crippen molar-refractivity contribution in [2.75, 3.05) is 11.9 Å². The predicted molar refractivity (Wildman–Crippen MR) is 182 cm³/mol. The summed E-state index contributed by atoms with van der Waals surface area (Å²) in [6, 6.07) is 9.95. The summed E-state index contributed by atoms with van der Waals surface area (Å²) in [6.07, 6.45) is -0.212.